The van der Waals surface area contributed by atoms with Crippen LogP contribution in [0.1, 0.15) is 35.8 Å². The van der Waals surface area contributed by atoms with Gasteiger partial charge in [-0.3, -0.25) is 9.78 Å². The number of amides is 1. The molecule has 0 spiro atoms. The van der Waals surface area contributed by atoms with E-state index in [0.29, 0.717) is 23.3 Å². The Balaban J connectivity index is 1.77. The van der Waals surface area contributed by atoms with E-state index in [4.69, 9.17) is 0 Å². The number of carbonyl (C=O) groups excluding carboxylic acids is 1. The number of pyridine rings is 1. The number of carbonyl (C=O) groups is 1. The fraction of sp³-hybridized carbons (Fsp3) is 0.444. The van der Waals surface area contributed by atoms with Gasteiger partial charge in [0.15, 0.2) is 0 Å². The zero-order valence-electron chi connectivity index (χ0n) is 13.6. The van der Waals surface area contributed by atoms with Gasteiger partial charge in [-0.05, 0) is 56.5 Å². The number of benzene rings is 1. The second-order valence-corrected chi connectivity index (χ2v) is 6.70. The average Bonchev–Trinajstić information content (AvgIpc) is 2.52. The molecule has 1 fully saturated rings. The average molecular weight is 315 g/mol. The molecular weight excluding hydrogens is 293 g/mol. The van der Waals surface area contributed by atoms with Crippen molar-refractivity contribution >= 4 is 16.8 Å². The zero-order chi connectivity index (χ0) is 16.4. The lowest BCUT2D eigenvalue weighted by atomic mass is 9.81. The second-order valence-electron chi connectivity index (χ2n) is 6.70. The molecule has 122 valence electrons. The predicted octanol–water partition coefficient (Wildman–Crippen LogP) is 2.80. The van der Waals surface area contributed by atoms with Crippen LogP contribution in [-0.4, -0.2) is 30.5 Å². The second kappa shape index (κ2) is 6.24. The van der Waals surface area contributed by atoms with Gasteiger partial charge in [0.05, 0.1) is 16.8 Å². The fourth-order valence-electron chi connectivity index (χ4n) is 3.06. The topological polar surface area (TPSA) is 54.0 Å². The molecule has 2 heterocycles. The molecular formula is C18H22FN3O. The van der Waals surface area contributed by atoms with Gasteiger partial charge in [-0.25, -0.2) is 4.39 Å². The third-order valence-corrected chi connectivity index (χ3v) is 4.70. The van der Waals surface area contributed by atoms with Crippen molar-refractivity contribution in [3.05, 3.63) is 41.3 Å². The lowest BCUT2D eigenvalue weighted by molar-refractivity contribution is 0.0921. The van der Waals surface area contributed by atoms with Crippen molar-refractivity contribution in [1.82, 2.24) is 15.6 Å². The van der Waals surface area contributed by atoms with Crippen LogP contribution in [-0.2, 0) is 0 Å². The molecule has 1 aliphatic rings. The Bertz CT molecular complexity index is 738. The highest BCUT2D eigenvalue weighted by Crippen LogP contribution is 2.27. The summed E-state index contributed by atoms with van der Waals surface area (Å²) in [4.78, 5) is 16.9. The molecule has 2 N–H and O–H groups in total. The van der Waals surface area contributed by atoms with Crippen molar-refractivity contribution in [2.24, 2.45) is 5.41 Å². The molecule has 0 atom stereocenters. The molecule has 0 bridgehead atoms. The summed E-state index contributed by atoms with van der Waals surface area (Å²) >= 11 is 0. The lowest BCUT2D eigenvalue weighted by Crippen LogP contribution is -2.43. The number of hydrogen-bond acceptors (Lipinski definition) is 3. The molecule has 4 nitrogen and oxygen atoms in total. The molecule has 1 aromatic heterocycles. The smallest absolute Gasteiger partial charge is 0.253 e. The van der Waals surface area contributed by atoms with Crippen molar-refractivity contribution in [1.29, 1.82) is 0 Å². The number of fused-ring (bicyclic) bond motifs is 1. The van der Waals surface area contributed by atoms with Gasteiger partial charge in [-0.2, -0.15) is 0 Å². The van der Waals surface area contributed by atoms with E-state index in [1.807, 2.05) is 0 Å². The summed E-state index contributed by atoms with van der Waals surface area (Å²) in [6.45, 7) is 6.64. The Labute approximate surface area is 135 Å². The van der Waals surface area contributed by atoms with Crippen molar-refractivity contribution in [2.75, 3.05) is 19.6 Å². The molecule has 0 aliphatic carbocycles. The van der Waals surface area contributed by atoms with Crippen LogP contribution in [0.3, 0.4) is 0 Å². The van der Waals surface area contributed by atoms with Gasteiger partial charge in [0.1, 0.15) is 5.82 Å². The van der Waals surface area contributed by atoms with E-state index in [0.717, 1.165) is 31.3 Å². The first-order valence-electron chi connectivity index (χ1n) is 8.03. The summed E-state index contributed by atoms with van der Waals surface area (Å²) in [6, 6.07) is 6.22. The predicted molar refractivity (Wildman–Crippen MR) is 89.0 cm³/mol. The van der Waals surface area contributed by atoms with Crippen LogP contribution in [0.4, 0.5) is 4.39 Å². The van der Waals surface area contributed by atoms with Crippen LogP contribution in [0.25, 0.3) is 10.9 Å². The SMILES string of the molecule is Cc1nc2cc(F)ccc2cc1C(=O)NCC1(C)CCNCC1. The van der Waals surface area contributed by atoms with E-state index < -0.39 is 0 Å². The summed E-state index contributed by atoms with van der Waals surface area (Å²) in [7, 11) is 0. The molecule has 1 aliphatic heterocycles. The maximum atomic E-state index is 13.3. The first kappa shape index (κ1) is 15.9. The summed E-state index contributed by atoms with van der Waals surface area (Å²) in [5.41, 5.74) is 1.89. The molecule has 3 rings (SSSR count). The Kier molecular flexibility index (Phi) is 4.31. The van der Waals surface area contributed by atoms with Crippen LogP contribution in [0.2, 0.25) is 0 Å². The van der Waals surface area contributed by atoms with Gasteiger partial charge in [0.2, 0.25) is 0 Å². The molecule has 1 amide bonds. The minimum absolute atomic E-state index is 0.110. The molecule has 1 saturated heterocycles. The summed E-state index contributed by atoms with van der Waals surface area (Å²) in [5, 5.41) is 7.16. The molecule has 5 heteroatoms. The first-order valence-corrected chi connectivity index (χ1v) is 8.03. The number of nitrogens with zero attached hydrogens (tertiary/aromatic N) is 1. The van der Waals surface area contributed by atoms with Crippen LogP contribution in [0.5, 0.6) is 0 Å². The minimum atomic E-state index is -0.319. The van der Waals surface area contributed by atoms with Crippen molar-refractivity contribution in [3.63, 3.8) is 0 Å². The Morgan fingerprint density at radius 1 is 1.35 bits per heavy atom. The van der Waals surface area contributed by atoms with Crippen LogP contribution in [0, 0.1) is 18.2 Å². The molecule has 1 aromatic carbocycles. The fourth-order valence-corrected chi connectivity index (χ4v) is 3.06. The Hall–Kier alpha value is -2.01. The number of aryl methyl sites for hydroxylation is 1. The van der Waals surface area contributed by atoms with E-state index in [9.17, 15) is 9.18 Å². The number of halogens is 1. The highest BCUT2D eigenvalue weighted by molar-refractivity contribution is 5.98. The minimum Gasteiger partial charge on any atom is -0.351 e. The van der Waals surface area contributed by atoms with Gasteiger partial charge in [0, 0.05) is 18.0 Å². The normalized spacial score (nSPS) is 17.2. The molecule has 23 heavy (non-hydrogen) atoms. The number of nitrogens with one attached hydrogen (secondary N) is 2. The van der Waals surface area contributed by atoms with E-state index in [1.54, 1.807) is 19.1 Å². The summed E-state index contributed by atoms with van der Waals surface area (Å²) < 4.78 is 13.3. The molecule has 0 unspecified atom stereocenters. The number of rotatable bonds is 3. The van der Waals surface area contributed by atoms with Gasteiger partial charge in [-0.15, -0.1) is 0 Å². The van der Waals surface area contributed by atoms with Gasteiger partial charge >= 0.3 is 0 Å². The molecule has 0 radical (unpaired) electrons. The van der Waals surface area contributed by atoms with E-state index >= 15 is 0 Å². The van der Waals surface area contributed by atoms with Crippen LogP contribution in [0.15, 0.2) is 24.3 Å². The third-order valence-electron chi connectivity index (χ3n) is 4.70. The van der Waals surface area contributed by atoms with E-state index in [2.05, 4.69) is 22.5 Å². The third kappa shape index (κ3) is 3.50. The van der Waals surface area contributed by atoms with Crippen LogP contribution >= 0.6 is 0 Å². The zero-order valence-corrected chi connectivity index (χ0v) is 13.6. The van der Waals surface area contributed by atoms with Crippen molar-refractivity contribution in [2.45, 2.75) is 26.7 Å². The van der Waals surface area contributed by atoms with Gasteiger partial charge in [0.25, 0.3) is 5.91 Å². The Morgan fingerprint density at radius 3 is 2.83 bits per heavy atom. The maximum Gasteiger partial charge on any atom is 0.253 e. The summed E-state index contributed by atoms with van der Waals surface area (Å²) in [5.74, 6) is -0.429. The summed E-state index contributed by atoms with van der Waals surface area (Å²) in [6.07, 6.45) is 2.11. The van der Waals surface area contributed by atoms with E-state index in [1.165, 1.54) is 12.1 Å². The number of hydrogen-bond donors (Lipinski definition) is 2. The van der Waals surface area contributed by atoms with Crippen LogP contribution < -0.4 is 10.6 Å². The maximum absolute atomic E-state index is 13.3. The lowest BCUT2D eigenvalue weighted by Gasteiger charge is -2.34. The van der Waals surface area contributed by atoms with Crippen molar-refractivity contribution < 1.29 is 9.18 Å². The van der Waals surface area contributed by atoms with E-state index in [-0.39, 0.29) is 17.1 Å². The Morgan fingerprint density at radius 2 is 2.09 bits per heavy atom. The number of aromatic nitrogens is 1. The highest BCUT2D eigenvalue weighted by Gasteiger charge is 2.27. The van der Waals surface area contributed by atoms with Gasteiger partial charge in [-0.1, -0.05) is 6.92 Å². The largest absolute Gasteiger partial charge is 0.351 e. The number of piperidine rings is 1. The van der Waals surface area contributed by atoms with Crippen molar-refractivity contribution in [3.8, 4) is 0 Å². The quantitative estimate of drug-likeness (QED) is 0.916. The first-order chi connectivity index (χ1) is 11.0. The van der Waals surface area contributed by atoms with Gasteiger partial charge < -0.3 is 10.6 Å². The monoisotopic (exact) mass is 315 g/mol. The molecule has 0 saturated carbocycles. The molecule has 2 aromatic rings. The standard InChI is InChI=1S/C18H22FN3O/c1-12-15(9-13-3-4-14(19)10-16(13)22-12)17(23)21-11-18(2)5-7-20-8-6-18/h3-4,9-10,20H,5-8,11H2,1-2H3,(H,21,23). The highest BCUT2D eigenvalue weighted by atomic mass is 19.1.